The zero-order chi connectivity index (χ0) is 21.6. The van der Waals surface area contributed by atoms with E-state index in [1.807, 2.05) is 13.0 Å². The van der Waals surface area contributed by atoms with Gasteiger partial charge in [0.1, 0.15) is 5.58 Å². The lowest BCUT2D eigenvalue weighted by Crippen LogP contribution is -2.31. The van der Waals surface area contributed by atoms with Gasteiger partial charge in [-0.25, -0.2) is 0 Å². The normalized spacial score (nSPS) is 16.7. The van der Waals surface area contributed by atoms with Gasteiger partial charge >= 0.3 is 0 Å². The molecule has 1 N–H and O–H groups in total. The van der Waals surface area contributed by atoms with Gasteiger partial charge in [0.2, 0.25) is 5.78 Å². The number of rotatable bonds is 5. The number of aliphatic hydroxyl groups is 1. The Morgan fingerprint density at radius 3 is 2.63 bits per heavy atom. The van der Waals surface area contributed by atoms with Crippen molar-refractivity contribution < 1.29 is 19.1 Å². The van der Waals surface area contributed by atoms with Crippen LogP contribution in [-0.2, 0) is 4.79 Å². The Bertz CT molecular complexity index is 1220. The fourth-order valence-electron chi connectivity index (χ4n) is 3.65. The summed E-state index contributed by atoms with van der Waals surface area (Å²) in [5.41, 5.74) is 1.07. The molecule has 1 atom stereocenters. The maximum Gasteiger partial charge on any atom is 0.290 e. The van der Waals surface area contributed by atoms with Crippen LogP contribution in [0.5, 0.6) is 0 Å². The minimum absolute atomic E-state index is 0.0371. The van der Waals surface area contributed by atoms with Crippen LogP contribution < -0.4 is 0 Å². The van der Waals surface area contributed by atoms with Gasteiger partial charge < -0.3 is 14.4 Å². The first-order chi connectivity index (χ1) is 14.3. The summed E-state index contributed by atoms with van der Waals surface area (Å²) < 4.78 is 6.55. The molecule has 1 aromatic heterocycles. The Balaban J connectivity index is 1.83. The van der Waals surface area contributed by atoms with E-state index < -0.39 is 23.5 Å². The highest BCUT2D eigenvalue weighted by Crippen LogP contribution is 2.41. The lowest BCUT2D eigenvalue weighted by atomic mass is 9.95. The highest BCUT2D eigenvalue weighted by atomic mass is 79.9. The molecule has 0 aliphatic carbocycles. The fourth-order valence-corrected chi connectivity index (χ4v) is 4.33. The first kappa shape index (κ1) is 21.0. The molecule has 30 heavy (non-hydrogen) atoms. The predicted octanol–water partition coefficient (Wildman–Crippen LogP) is 6.49. The van der Waals surface area contributed by atoms with Crippen molar-refractivity contribution in [3.63, 3.8) is 0 Å². The first-order valence-corrected chi connectivity index (χ1v) is 10.8. The van der Waals surface area contributed by atoms with Crippen LogP contribution in [0.15, 0.2) is 62.7 Å². The Labute approximate surface area is 191 Å². The second kappa shape index (κ2) is 8.10. The topological polar surface area (TPSA) is 70.8 Å². The number of furan rings is 1. The summed E-state index contributed by atoms with van der Waals surface area (Å²) in [6.45, 7) is 2.27. The van der Waals surface area contributed by atoms with Crippen LogP contribution in [0, 0.1) is 0 Å². The van der Waals surface area contributed by atoms with E-state index in [1.165, 1.54) is 4.90 Å². The van der Waals surface area contributed by atoms with E-state index in [-0.39, 0.29) is 11.3 Å². The third-order valence-corrected chi connectivity index (χ3v) is 6.21. The molecule has 3 aromatic rings. The molecule has 0 fully saturated rings. The van der Waals surface area contributed by atoms with Crippen molar-refractivity contribution >= 4 is 61.8 Å². The summed E-state index contributed by atoms with van der Waals surface area (Å²) >= 11 is 15.6. The van der Waals surface area contributed by atoms with E-state index in [9.17, 15) is 14.7 Å². The van der Waals surface area contributed by atoms with Crippen molar-refractivity contribution in [2.45, 2.75) is 19.4 Å². The van der Waals surface area contributed by atoms with Crippen LogP contribution in [-0.4, -0.2) is 28.2 Å². The second-order valence-corrected chi connectivity index (χ2v) is 8.69. The molecule has 5 nitrogen and oxygen atoms in total. The van der Waals surface area contributed by atoms with Gasteiger partial charge in [0.25, 0.3) is 5.91 Å². The molecule has 0 bridgehead atoms. The molecule has 0 saturated heterocycles. The molecule has 1 unspecified atom stereocenters. The van der Waals surface area contributed by atoms with E-state index >= 15 is 0 Å². The summed E-state index contributed by atoms with van der Waals surface area (Å²) in [5.74, 6) is -1.69. The smallest absolute Gasteiger partial charge is 0.290 e. The van der Waals surface area contributed by atoms with Gasteiger partial charge in [-0.15, -0.1) is 0 Å². The van der Waals surface area contributed by atoms with Crippen LogP contribution in [0.2, 0.25) is 10.0 Å². The van der Waals surface area contributed by atoms with Gasteiger partial charge in [0, 0.05) is 16.4 Å². The summed E-state index contributed by atoms with van der Waals surface area (Å²) in [6.07, 6.45) is 0.650. The maximum absolute atomic E-state index is 13.4. The number of hydrogen-bond donors (Lipinski definition) is 1. The lowest BCUT2D eigenvalue weighted by molar-refractivity contribution is -0.129. The fraction of sp³-hybridized carbons (Fsp3) is 0.182. The maximum atomic E-state index is 13.4. The molecule has 2 heterocycles. The monoisotopic (exact) mass is 507 g/mol. The Kier molecular flexibility index (Phi) is 5.66. The molecule has 0 spiro atoms. The third kappa shape index (κ3) is 3.53. The number of fused-ring (bicyclic) bond motifs is 1. The number of ketones is 1. The van der Waals surface area contributed by atoms with Crippen molar-refractivity contribution in [3.8, 4) is 0 Å². The number of amides is 1. The minimum Gasteiger partial charge on any atom is -0.503 e. The second-order valence-electron chi connectivity index (χ2n) is 6.96. The summed E-state index contributed by atoms with van der Waals surface area (Å²) in [4.78, 5) is 27.6. The van der Waals surface area contributed by atoms with Gasteiger partial charge in [-0.2, -0.15) is 0 Å². The van der Waals surface area contributed by atoms with Gasteiger partial charge in [0.15, 0.2) is 11.5 Å². The zero-order valence-electron chi connectivity index (χ0n) is 15.8. The highest BCUT2D eigenvalue weighted by Gasteiger charge is 2.44. The molecule has 154 valence electrons. The number of Topliss-reactive ketones (excluding diaryl/α,β-unsaturated/α-hetero) is 1. The standard InChI is InChI=1S/C22H16BrCl2NO4/c1-2-7-26-19(11-3-5-14(24)15(25)9-11)18(21(28)22(26)29)20(27)17-10-12-8-13(23)4-6-16(12)30-17/h3-6,8-10,19,28H,2,7H2,1H3. The van der Waals surface area contributed by atoms with Crippen LogP contribution in [0.1, 0.15) is 35.5 Å². The molecule has 2 aromatic carbocycles. The molecule has 8 heteroatoms. The van der Waals surface area contributed by atoms with Gasteiger partial charge in [-0.1, -0.05) is 52.1 Å². The van der Waals surface area contributed by atoms with Gasteiger partial charge in [-0.3, -0.25) is 9.59 Å². The van der Waals surface area contributed by atoms with Crippen molar-refractivity contribution in [3.05, 3.63) is 79.6 Å². The summed E-state index contributed by atoms with van der Waals surface area (Å²) in [6, 6.07) is 11.1. The van der Waals surface area contributed by atoms with Crippen molar-refractivity contribution in [2.75, 3.05) is 6.54 Å². The number of benzene rings is 2. The van der Waals surface area contributed by atoms with Gasteiger partial charge in [-0.05, 0) is 48.4 Å². The number of nitrogens with zero attached hydrogens (tertiary/aromatic N) is 1. The predicted molar refractivity (Wildman–Crippen MR) is 119 cm³/mol. The molecule has 4 rings (SSSR count). The average Bonchev–Trinajstić information content (AvgIpc) is 3.24. The number of carbonyl (C=O) groups excluding carboxylic acids is 2. The van der Waals surface area contributed by atoms with E-state index in [0.29, 0.717) is 34.2 Å². The third-order valence-electron chi connectivity index (χ3n) is 4.97. The molecular formula is C22H16BrCl2NO4. The molecule has 0 radical (unpaired) electrons. The number of carbonyl (C=O) groups is 2. The molecule has 1 aliphatic rings. The SMILES string of the molecule is CCCN1C(=O)C(O)=C(C(=O)c2cc3cc(Br)ccc3o2)C1c1ccc(Cl)c(Cl)c1. The molecule has 1 aliphatic heterocycles. The highest BCUT2D eigenvalue weighted by molar-refractivity contribution is 9.10. The molecule has 0 saturated carbocycles. The Morgan fingerprint density at radius 2 is 1.93 bits per heavy atom. The number of aliphatic hydroxyl groups excluding tert-OH is 1. The average molecular weight is 509 g/mol. The van der Waals surface area contributed by atoms with Crippen molar-refractivity contribution in [1.29, 1.82) is 0 Å². The van der Waals surface area contributed by atoms with Gasteiger partial charge in [0.05, 0.1) is 21.7 Å². The minimum atomic E-state index is -0.792. The van der Waals surface area contributed by atoms with Crippen molar-refractivity contribution in [2.24, 2.45) is 0 Å². The van der Waals surface area contributed by atoms with E-state index in [4.69, 9.17) is 27.6 Å². The molecular weight excluding hydrogens is 493 g/mol. The first-order valence-electron chi connectivity index (χ1n) is 9.24. The Morgan fingerprint density at radius 1 is 1.17 bits per heavy atom. The van der Waals surface area contributed by atoms with E-state index in [1.54, 1.807) is 36.4 Å². The largest absolute Gasteiger partial charge is 0.503 e. The number of halogens is 3. The van der Waals surface area contributed by atoms with E-state index in [2.05, 4.69) is 15.9 Å². The summed E-state index contributed by atoms with van der Waals surface area (Å²) in [5, 5.41) is 12.0. The van der Waals surface area contributed by atoms with E-state index in [0.717, 1.165) is 9.86 Å². The van der Waals surface area contributed by atoms with Crippen molar-refractivity contribution in [1.82, 2.24) is 4.90 Å². The lowest BCUT2D eigenvalue weighted by Gasteiger charge is -2.26. The van der Waals surface area contributed by atoms with Crippen LogP contribution in [0.4, 0.5) is 0 Å². The van der Waals surface area contributed by atoms with Crippen LogP contribution in [0.3, 0.4) is 0 Å². The quantitative estimate of drug-likeness (QED) is 0.400. The number of hydrogen-bond acceptors (Lipinski definition) is 4. The zero-order valence-corrected chi connectivity index (χ0v) is 18.9. The Hall–Kier alpha value is -2.28. The van der Waals surface area contributed by atoms with Crippen LogP contribution >= 0.6 is 39.1 Å². The van der Waals surface area contributed by atoms with Crippen LogP contribution in [0.25, 0.3) is 11.0 Å². The summed E-state index contributed by atoms with van der Waals surface area (Å²) in [7, 11) is 0. The molecule has 1 amide bonds.